The SMILES string of the molecule is FC(P)CN1CCCC1. The lowest BCUT2D eigenvalue weighted by Crippen LogP contribution is -2.24. The van der Waals surface area contributed by atoms with Crippen LogP contribution < -0.4 is 0 Å². The van der Waals surface area contributed by atoms with Crippen molar-refractivity contribution >= 4 is 9.24 Å². The maximum Gasteiger partial charge on any atom is 0.126 e. The van der Waals surface area contributed by atoms with Gasteiger partial charge in [-0.15, -0.1) is 0 Å². The molecule has 54 valence electrons. The van der Waals surface area contributed by atoms with Gasteiger partial charge in [-0.05, 0) is 25.9 Å². The first-order valence-corrected chi connectivity index (χ1v) is 4.08. The summed E-state index contributed by atoms with van der Waals surface area (Å²) < 4.78 is 12.3. The van der Waals surface area contributed by atoms with Gasteiger partial charge in [0, 0.05) is 6.54 Å². The molecule has 0 N–H and O–H groups in total. The molecule has 0 bridgehead atoms. The maximum absolute atomic E-state index is 12.3. The van der Waals surface area contributed by atoms with Gasteiger partial charge in [-0.25, -0.2) is 4.39 Å². The van der Waals surface area contributed by atoms with Gasteiger partial charge in [0.05, 0.1) is 0 Å². The number of alkyl halides is 1. The number of rotatable bonds is 2. The number of hydrogen-bond acceptors (Lipinski definition) is 1. The van der Waals surface area contributed by atoms with Crippen molar-refractivity contribution in [2.24, 2.45) is 0 Å². The average Bonchev–Trinajstić information content (AvgIpc) is 2.15. The van der Waals surface area contributed by atoms with Gasteiger partial charge < -0.3 is 4.90 Å². The molecule has 0 aromatic carbocycles. The van der Waals surface area contributed by atoms with Crippen molar-refractivity contribution in [3.05, 3.63) is 0 Å². The Labute approximate surface area is 57.8 Å². The normalized spacial score (nSPS) is 24.7. The molecule has 1 aliphatic rings. The van der Waals surface area contributed by atoms with Crippen molar-refractivity contribution in [3.63, 3.8) is 0 Å². The summed E-state index contributed by atoms with van der Waals surface area (Å²) in [7, 11) is 2.18. The molecule has 1 aliphatic heterocycles. The standard InChI is InChI=1S/C6H13FNP/c7-6(9)5-8-3-1-2-4-8/h6H,1-5,9H2. The van der Waals surface area contributed by atoms with Gasteiger partial charge in [-0.2, -0.15) is 0 Å². The second-order valence-corrected chi connectivity index (χ2v) is 3.25. The molecular weight excluding hydrogens is 136 g/mol. The van der Waals surface area contributed by atoms with E-state index in [4.69, 9.17) is 0 Å². The third kappa shape index (κ3) is 2.59. The Morgan fingerprint density at radius 3 is 2.44 bits per heavy atom. The molecule has 1 saturated heterocycles. The first-order valence-electron chi connectivity index (χ1n) is 3.41. The predicted octanol–water partition coefficient (Wildman–Crippen LogP) is 1.25. The zero-order chi connectivity index (χ0) is 6.69. The molecule has 0 amide bonds. The van der Waals surface area contributed by atoms with Gasteiger partial charge in [0.2, 0.25) is 0 Å². The maximum atomic E-state index is 12.3. The Balaban J connectivity index is 2.11. The molecule has 1 rings (SSSR count). The summed E-state index contributed by atoms with van der Waals surface area (Å²) in [6, 6.07) is 0. The van der Waals surface area contributed by atoms with Crippen molar-refractivity contribution in [1.82, 2.24) is 4.90 Å². The topological polar surface area (TPSA) is 3.24 Å². The van der Waals surface area contributed by atoms with Crippen molar-refractivity contribution in [1.29, 1.82) is 0 Å². The molecule has 2 unspecified atom stereocenters. The summed E-state index contributed by atoms with van der Waals surface area (Å²) in [6.07, 6.45) is 2.49. The summed E-state index contributed by atoms with van der Waals surface area (Å²) in [5.41, 5.74) is 0. The smallest absolute Gasteiger partial charge is 0.126 e. The molecule has 1 fully saturated rings. The fraction of sp³-hybridized carbons (Fsp3) is 1.00. The molecule has 3 heteroatoms. The quantitative estimate of drug-likeness (QED) is 0.534. The van der Waals surface area contributed by atoms with Crippen LogP contribution in [0.1, 0.15) is 12.8 Å². The lowest BCUT2D eigenvalue weighted by molar-refractivity contribution is 0.278. The summed E-state index contributed by atoms with van der Waals surface area (Å²) in [6.45, 7) is 2.79. The van der Waals surface area contributed by atoms with Crippen LogP contribution in [-0.4, -0.2) is 30.4 Å². The van der Waals surface area contributed by atoms with Crippen molar-refractivity contribution in [2.75, 3.05) is 19.6 Å². The van der Waals surface area contributed by atoms with E-state index >= 15 is 0 Å². The minimum absolute atomic E-state index is 0.602. The van der Waals surface area contributed by atoms with Gasteiger partial charge in [0.1, 0.15) is 5.91 Å². The molecule has 0 aromatic rings. The van der Waals surface area contributed by atoms with E-state index in [1.165, 1.54) is 12.8 Å². The third-order valence-electron chi connectivity index (χ3n) is 1.63. The number of hydrogen-bond donors (Lipinski definition) is 0. The van der Waals surface area contributed by atoms with Crippen LogP contribution in [0.5, 0.6) is 0 Å². The second kappa shape index (κ2) is 3.48. The Morgan fingerprint density at radius 1 is 1.44 bits per heavy atom. The highest BCUT2D eigenvalue weighted by molar-refractivity contribution is 7.17. The fourth-order valence-electron chi connectivity index (χ4n) is 1.21. The lowest BCUT2D eigenvalue weighted by atomic mass is 10.4. The predicted molar refractivity (Wildman–Crippen MR) is 40.3 cm³/mol. The van der Waals surface area contributed by atoms with Crippen LogP contribution in [0.3, 0.4) is 0 Å². The molecule has 0 radical (unpaired) electrons. The fourth-order valence-corrected chi connectivity index (χ4v) is 1.51. The van der Waals surface area contributed by atoms with Crippen LogP contribution in [0.4, 0.5) is 4.39 Å². The van der Waals surface area contributed by atoms with E-state index in [0.717, 1.165) is 13.1 Å². The van der Waals surface area contributed by atoms with E-state index in [9.17, 15) is 4.39 Å². The Kier molecular flexibility index (Phi) is 2.87. The highest BCUT2D eigenvalue weighted by atomic mass is 31.0. The molecule has 0 aromatic heterocycles. The summed E-state index contributed by atoms with van der Waals surface area (Å²) >= 11 is 0. The number of likely N-dealkylation sites (tertiary alicyclic amines) is 1. The first kappa shape index (κ1) is 7.43. The van der Waals surface area contributed by atoms with Gasteiger partial charge in [0.25, 0.3) is 0 Å². The molecule has 0 saturated carbocycles. The zero-order valence-corrected chi connectivity index (χ0v) is 6.67. The van der Waals surface area contributed by atoms with Crippen LogP contribution in [-0.2, 0) is 0 Å². The van der Waals surface area contributed by atoms with E-state index < -0.39 is 5.91 Å². The van der Waals surface area contributed by atoms with Gasteiger partial charge >= 0.3 is 0 Å². The summed E-state index contributed by atoms with van der Waals surface area (Å²) in [4.78, 5) is 2.16. The highest BCUT2D eigenvalue weighted by Crippen LogP contribution is 2.11. The first-order chi connectivity index (χ1) is 4.29. The highest BCUT2D eigenvalue weighted by Gasteiger charge is 2.13. The van der Waals surface area contributed by atoms with Gasteiger partial charge in [-0.1, -0.05) is 9.24 Å². The molecule has 1 heterocycles. The van der Waals surface area contributed by atoms with Crippen LogP contribution in [0.2, 0.25) is 0 Å². The van der Waals surface area contributed by atoms with E-state index in [0.29, 0.717) is 6.54 Å². The van der Waals surface area contributed by atoms with E-state index in [1.807, 2.05) is 0 Å². The third-order valence-corrected chi connectivity index (χ3v) is 1.84. The van der Waals surface area contributed by atoms with Crippen molar-refractivity contribution in [3.8, 4) is 0 Å². The molecule has 1 nitrogen and oxygen atoms in total. The molecule has 2 atom stereocenters. The van der Waals surface area contributed by atoms with Crippen LogP contribution in [0.25, 0.3) is 0 Å². The zero-order valence-electron chi connectivity index (χ0n) is 5.52. The molecule has 0 aliphatic carbocycles. The molecule has 9 heavy (non-hydrogen) atoms. The van der Waals surface area contributed by atoms with Gasteiger partial charge in [0.15, 0.2) is 0 Å². The minimum Gasteiger partial charge on any atom is -0.300 e. The summed E-state index contributed by atoms with van der Waals surface area (Å²) in [5, 5.41) is 0. The van der Waals surface area contributed by atoms with Crippen LogP contribution in [0.15, 0.2) is 0 Å². The Morgan fingerprint density at radius 2 is 2.00 bits per heavy atom. The van der Waals surface area contributed by atoms with Crippen molar-refractivity contribution < 1.29 is 4.39 Å². The minimum atomic E-state index is -0.733. The Bertz CT molecular complexity index is 81.1. The lowest BCUT2D eigenvalue weighted by Gasteiger charge is -2.14. The van der Waals surface area contributed by atoms with Gasteiger partial charge in [-0.3, -0.25) is 0 Å². The summed E-state index contributed by atoms with van der Waals surface area (Å²) in [5.74, 6) is -0.733. The number of halogens is 1. The average molecular weight is 149 g/mol. The molecular formula is C6H13FNP. The van der Waals surface area contributed by atoms with E-state index in [-0.39, 0.29) is 0 Å². The largest absolute Gasteiger partial charge is 0.300 e. The van der Waals surface area contributed by atoms with Crippen LogP contribution in [0, 0.1) is 0 Å². The van der Waals surface area contributed by atoms with E-state index in [1.54, 1.807) is 0 Å². The number of nitrogens with zero attached hydrogens (tertiary/aromatic N) is 1. The molecule has 0 spiro atoms. The second-order valence-electron chi connectivity index (χ2n) is 2.52. The monoisotopic (exact) mass is 149 g/mol. The van der Waals surface area contributed by atoms with Crippen molar-refractivity contribution in [2.45, 2.75) is 18.8 Å². The Hall–Kier alpha value is 0.320. The van der Waals surface area contributed by atoms with Crippen LogP contribution >= 0.6 is 9.24 Å². The van der Waals surface area contributed by atoms with E-state index in [2.05, 4.69) is 14.1 Å².